The molecule has 4 N–H and O–H groups in total. The van der Waals surface area contributed by atoms with Crippen LogP contribution in [-0.4, -0.2) is 56.9 Å². The van der Waals surface area contributed by atoms with Gasteiger partial charge in [-0.15, -0.1) is 0 Å². The number of ketones is 1. The van der Waals surface area contributed by atoms with Gasteiger partial charge in [0.15, 0.2) is 5.78 Å². The largest absolute Gasteiger partial charge is 0.388 e. The van der Waals surface area contributed by atoms with Crippen molar-refractivity contribution >= 4 is 5.78 Å². The van der Waals surface area contributed by atoms with Gasteiger partial charge in [-0.3, -0.25) is 4.79 Å². The lowest BCUT2D eigenvalue weighted by Gasteiger charge is -2.41. The zero-order valence-corrected chi connectivity index (χ0v) is 18.5. The van der Waals surface area contributed by atoms with Crippen LogP contribution in [0, 0.1) is 5.92 Å². The van der Waals surface area contributed by atoms with Crippen molar-refractivity contribution in [1.29, 1.82) is 0 Å². The number of Topliss-reactive ketones (excluding diaryl/α,β-unsaturated/α-hetero) is 1. The fourth-order valence-corrected chi connectivity index (χ4v) is 4.10. The summed E-state index contributed by atoms with van der Waals surface area (Å²) < 4.78 is 5.17. The number of hydrogen-bond acceptors (Lipinski definition) is 6. The number of carbonyl (C=O) groups excluding carboxylic acids is 1. The quantitative estimate of drug-likeness (QED) is 0.287. The lowest BCUT2D eigenvalue weighted by atomic mass is 9.82. The van der Waals surface area contributed by atoms with Crippen LogP contribution in [-0.2, 0) is 9.53 Å². The van der Waals surface area contributed by atoms with E-state index in [1.165, 1.54) is 38.5 Å². The molecule has 0 bridgehead atoms. The van der Waals surface area contributed by atoms with E-state index in [9.17, 15) is 25.2 Å². The summed E-state index contributed by atoms with van der Waals surface area (Å²) in [4.78, 5) is 13.1. The number of carbonyl (C=O) groups is 1. The third kappa shape index (κ3) is 8.62. The molecule has 0 aromatic carbocycles. The Morgan fingerprint density at radius 1 is 0.862 bits per heavy atom. The van der Waals surface area contributed by atoms with Crippen LogP contribution >= 0.6 is 0 Å². The topological polar surface area (TPSA) is 107 Å². The van der Waals surface area contributed by atoms with Crippen LogP contribution < -0.4 is 0 Å². The Morgan fingerprint density at radius 3 is 1.79 bits per heavy atom. The SMILES string of the molecule is CCCCCCCCC(CCCCCCCC)C(=O)C1(O)OC[C@@H](O)[C@H](O)[C@H]1O. The summed E-state index contributed by atoms with van der Waals surface area (Å²) in [6, 6.07) is 0. The molecule has 0 aliphatic carbocycles. The van der Waals surface area contributed by atoms with Crippen LogP contribution in [0.5, 0.6) is 0 Å². The van der Waals surface area contributed by atoms with Gasteiger partial charge in [0.2, 0.25) is 0 Å². The summed E-state index contributed by atoms with van der Waals surface area (Å²) in [5.74, 6) is -3.40. The van der Waals surface area contributed by atoms with Gasteiger partial charge in [0.25, 0.3) is 5.79 Å². The molecule has 0 spiro atoms. The number of hydrogen-bond donors (Lipinski definition) is 4. The van der Waals surface area contributed by atoms with Crippen molar-refractivity contribution in [3.8, 4) is 0 Å². The van der Waals surface area contributed by atoms with Gasteiger partial charge < -0.3 is 25.2 Å². The van der Waals surface area contributed by atoms with Crippen LogP contribution in [0.15, 0.2) is 0 Å². The molecule has 172 valence electrons. The van der Waals surface area contributed by atoms with Gasteiger partial charge in [-0.1, -0.05) is 90.9 Å². The third-order valence-electron chi connectivity index (χ3n) is 6.13. The first-order chi connectivity index (χ1) is 13.9. The van der Waals surface area contributed by atoms with Crippen molar-refractivity contribution in [2.45, 2.75) is 128 Å². The smallest absolute Gasteiger partial charge is 0.256 e. The molecule has 1 unspecified atom stereocenters. The van der Waals surface area contributed by atoms with Crippen molar-refractivity contribution in [2.75, 3.05) is 6.61 Å². The molecule has 6 heteroatoms. The van der Waals surface area contributed by atoms with E-state index in [1.807, 2.05) is 0 Å². The lowest BCUT2D eigenvalue weighted by Crippen LogP contribution is -2.65. The Bertz CT molecular complexity index is 427. The highest BCUT2D eigenvalue weighted by Gasteiger charge is 2.54. The summed E-state index contributed by atoms with van der Waals surface area (Å²) in [5.41, 5.74) is 0. The minimum absolute atomic E-state index is 0.374. The van der Waals surface area contributed by atoms with E-state index in [0.717, 1.165) is 38.5 Å². The number of unbranched alkanes of at least 4 members (excludes halogenated alkanes) is 10. The molecule has 6 nitrogen and oxygen atoms in total. The van der Waals surface area contributed by atoms with E-state index in [0.29, 0.717) is 12.8 Å². The lowest BCUT2D eigenvalue weighted by molar-refractivity contribution is -0.305. The summed E-state index contributed by atoms with van der Waals surface area (Å²) in [7, 11) is 0. The molecule has 0 radical (unpaired) electrons. The predicted octanol–water partition coefficient (Wildman–Crippen LogP) is 3.47. The number of ether oxygens (including phenoxy) is 1. The second-order valence-corrected chi connectivity index (χ2v) is 8.68. The molecular weight excluding hydrogens is 372 g/mol. The molecule has 0 aromatic rings. The monoisotopic (exact) mass is 416 g/mol. The number of rotatable bonds is 16. The molecule has 4 atom stereocenters. The first kappa shape index (κ1) is 26.5. The first-order valence-electron chi connectivity index (χ1n) is 11.8. The molecule has 1 aliphatic heterocycles. The average molecular weight is 417 g/mol. The highest BCUT2D eigenvalue weighted by Crippen LogP contribution is 2.31. The van der Waals surface area contributed by atoms with Gasteiger partial charge in [-0.05, 0) is 12.8 Å². The average Bonchev–Trinajstić information content (AvgIpc) is 2.72. The van der Waals surface area contributed by atoms with Crippen LogP contribution in [0.1, 0.15) is 104 Å². The summed E-state index contributed by atoms with van der Waals surface area (Å²) in [6.07, 6.45) is 9.93. The van der Waals surface area contributed by atoms with Crippen LogP contribution in [0.4, 0.5) is 0 Å². The van der Waals surface area contributed by atoms with E-state index < -0.39 is 35.8 Å². The van der Waals surface area contributed by atoms with Gasteiger partial charge in [-0.25, -0.2) is 0 Å². The van der Waals surface area contributed by atoms with Gasteiger partial charge in [-0.2, -0.15) is 0 Å². The molecule has 1 fully saturated rings. The van der Waals surface area contributed by atoms with Crippen molar-refractivity contribution < 1.29 is 30.0 Å². The molecule has 1 saturated heterocycles. The molecule has 1 aliphatic rings. The number of aliphatic hydroxyl groups is 4. The number of aliphatic hydroxyl groups excluding tert-OH is 3. The molecule has 0 amide bonds. The van der Waals surface area contributed by atoms with Crippen molar-refractivity contribution in [3.63, 3.8) is 0 Å². The Hall–Kier alpha value is -0.530. The van der Waals surface area contributed by atoms with Crippen LogP contribution in [0.2, 0.25) is 0 Å². The highest BCUT2D eigenvalue weighted by molar-refractivity contribution is 5.88. The maximum atomic E-state index is 13.1. The fourth-order valence-electron chi connectivity index (χ4n) is 4.10. The molecule has 1 heterocycles. The van der Waals surface area contributed by atoms with E-state index in [4.69, 9.17) is 4.74 Å². The van der Waals surface area contributed by atoms with Crippen LogP contribution in [0.25, 0.3) is 0 Å². The fraction of sp³-hybridized carbons (Fsp3) is 0.957. The van der Waals surface area contributed by atoms with Gasteiger partial charge in [0.05, 0.1) is 6.61 Å². The zero-order valence-electron chi connectivity index (χ0n) is 18.5. The van der Waals surface area contributed by atoms with Gasteiger partial charge >= 0.3 is 0 Å². The molecule has 0 aromatic heterocycles. The van der Waals surface area contributed by atoms with E-state index in [2.05, 4.69) is 13.8 Å². The Morgan fingerprint density at radius 2 is 1.31 bits per heavy atom. The minimum atomic E-state index is -2.44. The second kappa shape index (κ2) is 14.5. The second-order valence-electron chi connectivity index (χ2n) is 8.68. The highest BCUT2D eigenvalue weighted by atomic mass is 16.7. The molecule has 29 heavy (non-hydrogen) atoms. The van der Waals surface area contributed by atoms with Crippen LogP contribution in [0.3, 0.4) is 0 Å². The van der Waals surface area contributed by atoms with Gasteiger partial charge in [0, 0.05) is 5.92 Å². The van der Waals surface area contributed by atoms with Gasteiger partial charge in [0.1, 0.15) is 18.3 Å². The predicted molar refractivity (Wildman–Crippen MR) is 113 cm³/mol. The molecule has 1 rings (SSSR count). The Balaban J connectivity index is 2.63. The zero-order chi connectivity index (χ0) is 21.7. The maximum absolute atomic E-state index is 13.1. The minimum Gasteiger partial charge on any atom is -0.388 e. The molecular formula is C23H44O6. The summed E-state index contributed by atoms with van der Waals surface area (Å²) >= 11 is 0. The first-order valence-corrected chi connectivity index (χ1v) is 11.8. The summed E-state index contributed by atoms with van der Waals surface area (Å²) in [6.45, 7) is 3.98. The van der Waals surface area contributed by atoms with Crippen molar-refractivity contribution in [1.82, 2.24) is 0 Å². The Labute approximate surface area is 176 Å². The normalized spacial score (nSPS) is 27.5. The maximum Gasteiger partial charge on any atom is 0.256 e. The summed E-state index contributed by atoms with van der Waals surface area (Å²) in [5, 5.41) is 40.5. The standard InChI is InChI=1S/C23H44O6/c1-3-5-7-9-11-13-15-18(16-14-12-10-8-6-4-2)21(26)23(28)22(27)20(25)19(24)17-29-23/h18-20,22,24-25,27-28H,3-17H2,1-2H3/t19-,20+,22-,23?/m1/s1. The molecule has 0 saturated carbocycles. The van der Waals surface area contributed by atoms with E-state index in [-0.39, 0.29) is 6.61 Å². The van der Waals surface area contributed by atoms with E-state index in [1.54, 1.807) is 0 Å². The van der Waals surface area contributed by atoms with E-state index >= 15 is 0 Å². The Kier molecular flexibility index (Phi) is 13.2. The van der Waals surface area contributed by atoms with Crippen molar-refractivity contribution in [2.24, 2.45) is 5.92 Å². The van der Waals surface area contributed by atoms with Crippen molar-refractivity contribution in [3.05, 3.63) is 0 Å². The third-order valence-corrected chi connectivity index (χ3v) is 6.13.